The Morgan fingerprint density at radius 1 is 0.857 bits per heavy atom. The lowest BCUT2D eigenvalue weighted by atomic mass is 9.95. The monoisotopic (exact) mass is 318 g/mol. The molecule has 0 radical (unpaired) electrons. The van der Waals surface area contributed by atoms with Crippen molar-refractivity contribution >= 4 is 34.0 Å². The van der Waals surface area contributed by atoms with Crippen LogP contribution in [0.15, 0.2) is 54.6 Å². The number of halogens is 3. The predicted octanol–water partition coefficient (Wildman–Crippen LogP) is 6.27. The number of alkyl halides is 1. The molecule has 1 atom stereocenters. The van der Waals surface area contributed by atoms with E-state index < -0.39 is 11.2 Å². The summed E-state index contributed by atoms with van der Waals surface area (Å²) < 4.78 is 14.2. The molecule has 106 valence electrons. The highest BCUT2D eigenvalue weighted by atomic mass is 35.5. The van der Waals surface area contributed by atoms with Crippen LogP contribution in [0.1, 0.15) is 22.1 Å². The van der Waals surface area contributed by atoms with E-state index in [0.717, 1.165) is 16.3 Å². The molecule has 0 bridgehead atoms. The summed E-state index contributed by atoms with van der Waals surface area (Å²) in [6.07, 6.45) is 0. The highest BCUT2D eigenvalue weighted by molar-refractivity contribution is 6.31. The number of aryl methyl sites for hydroxylation is 1. The van der Waals surface area contributed by atoms with Crippen LogP contribution in [0.2, 0.25) is 5.02 Å². The van der Waals surface area contributed by atoms with E-state index in [2.05, 4.69) is 6.92 Å². The van der Waals surface area contributed by atoms with Crippen molar-refractivity contribution in [3.8, 4) is 0 Å². The molecule has 3 rings (SSSR count). The molecule has 0 heterocycles. The molecule has 21 heavy (non-hydrogen) atoms. The molecular weight excluding hydrogens is 306 g/mol. The highest BCUT2D eigenvalue weighted by Crippen LogP contribution is 2.37. The Balaban J connectivity index is 2.21. The lowest BCUT2D eigenvalue weighted by molar-refractivity contribution is 0.613. The second-order valence-corrected chi connectivity index (χ2v) is 5.87. The fourth-order valence-electron chi connectivity index (χ4n) is 2.58. The number of hydrogen-bond donors (Lipinski definition) is 0. The number of hydrogen-bond acceptors (Lipinski definition) is 0. The van der Waals surface area contributed by atoms with Gasteiger partial charge in [0.2, 0.25) is 0 Å². The maximum Gasteiger partial charge on any atom is 0.146 e. The van der Waals surface area contributed by atoms with E-state index in [4.69, 9.17) is 23.2 Å². The lowest BCUT2D eigenvalue weighted by Crippen LogP contribution is -1.99. The molecule has 0 fully saturated rings. The first-order chi connectivity index (χ1) is 10.1. The molecule has 0 N–H and O–H groups in total. The molecule has 0 nitrogen and oxygen atoms in total. The summed E-state index contributed by atoms with van der Waals surface area (Å²) in [5, 5.41) is 1.68. The van der Waals surface area contributed by atoms with Gasteiger partial charge in [-0.05, 0) is 34.9 Å². The Hall–Kier alpha value is -1.57. The molecule has 0 amide bonds. The zero-order valence-electron chi connectivity index (χ0n) is 11.4. The average molecular weight is 319 g/mol. The van der Waals surface area contributed by atoms with Crippen molar-refractivity contribution < 1.29 is 4.39 Å². The van der Waals surface area contributed by atoms with E-state index >= 15 is 0 Å². The summed E-state index contributed by atoms with van der Waals surface area (Å²) in [5.41, 5.74) is 2.46. The minimum Gasteiger partial charge on any atom is -0.205 e. The first-order valence-electron chi connectivity index (χ1n) is 6.66. The molecule has 0 aliphatic rings. The summed E-state index contributed by atoms with van der Waals surface area (Å²) in [6, 6.07) is 16.9. The van der Waals surface area contributed by atoms with Gasteiger partial charge in [0.15, 0.2) is 0 Å². The summed E-state index contributed by atoms with van der Waals surface area (Å²) in [5.74, 6) is -0.455. The highest BCUT2D eigenvalue weighted by Gasteiger charge is 2.19. The second-order valence-electron chi connectivity index (χ2n) is 5.02. The van der Waals surface area contributed by atoms with Gasteiger partial charge >= 0.3 is 0 Å². The maximum atomic E-state index is 14.2. The van der Waals surface area contributed by atoms with Crippen molar-refractivity contribution in [3.05, 3.63) is 82.1 Å². The molecule has 0 spiro atoms. The van der Waals surface area contributed by atoms with Gasteiger partial charge in [-0.25, -0.2) is 4.39 Å². The smallest absolute Gasteiger partial charge is 0.146 e. The van der Waals surface area contributed by atoms with Crippen molar-refractivity contribution in [3.63, 3.8) is 0 Å². The van der Waals surface area contributed by atoms with E-state index in [9.17, 15) is 4.39 Å². The minimum atomic E-state index is -0.575. The Bertz CT molecular complexity index is 811. The van der Waals surface area contributed by atoms with Crippen molar-refractivity contribution in [1.29, 1.82) is 0 Å². The lowest BCUT2D eigenvalue weighted by Gasteiger charge is -2.15. The molecule has 1 unspecified atom stereocenters. The second kappa shape index (κ2) is 5.67. The van der Waals surface area contributed by atoms with Crippen LogP contribution in [0.25, 0.3) is 10.8 Å². The fraction of sp³-hybridized carbons (Fsp3) is 0.111. The van der Waals surface area contributed by atoms with Gasteiger partial charge in [0.25, 0.3) is 0 Å². The third-order valence-corrected chi connectivity index (χ3v) is 4.47. The molecule has 0 aromatic heterocycles. The first kappa shape index (κ1) is 14.4. The molecule has 3 aromatic carbocycles. The van der Waals surface area contributed by atoms with Gasteiger partial charge in [-0.2, -0.15) is 0 Å². The first-order valence-corrected chi connectivity index (χ1v) is 7.47. The van der Waals surface area contributed by atoms with Crippen LogP contribution in [0.3, 0.4) is 0 Å². The van der Waals surface area contributed by atoms with Crippen LogP contribution in [-0.4, -0.2) is 0 Å². The predicted molar refractivity (Wildman–Crippen MR) is 87.8 cm³/mol. The van der Waals surface area contributed by atoms with Gasteiger partial charge < -0.3 is 0 Å². The molecule has 0 saturated carbocycles. The summed E-state index contributed by atoms with van der Waals surface area (Å²) in [4.78, 5) is 0. The number of rotatable bonds is 2. The zero-order chi connectivity index (χ0) is 15.0. The van der Waals surface area contributed by atoms with E-state index in [1.807, 2.05) is 36.4 Å². The Labute approximate surface area is 133 Å². The number of benzene rings is 3. The third-order valence-electron chi connectivity index (χ3n) is 3.70. The van der Waals surface area contributed by atoms with Crippen LogP contribution in [-0.2, 0) is 0 Å². The van der Waals surface area contributed by atoms with Crippen molar-refractivity contribution in [2.75, 3.05) is 0 Å². The Morgan fingerprint density at radius 2 is 1.57 bits per heavy atom. The average Bonchev–Trinajstić information content (AvgIpc) is 2.50. The SMILES string of the molecule is Cc1ccc(C(Cl)c2cccc(Cl)c2F)c2ccccc12. The van der Waals surface area contributed by atoms with Crippen molar-refractivity contribution in [2.24, 2.45) is 0 Å². The van der Waals surface area contributed by atoms with E-state index in [1.54, 1.807) is 12.1 Å². The van der Waals surface area contributed by atoms with Crippen molar-refractivity contribution in [2.45, 2.75) is 12.3 Å². The topological polar surface area (TPSA) is 0 Å². The summed E-state index contributed by atoms with van der Waals surface area (Å²) in [6.45, 7) is 2.05. The number of fused-ring (bicyclic) bond motifs is 1. The molecule has 0 aliphatic heterocycles. The molecule has 0 saturated heterocycles. The van der Waals surface area contributed by atoms with Crippen LogP contribution in [0.5, 0.6) is 0 Å². The Kier molecular flexibility index (Phi) is 3.88. The molecule has 3 aromatic rings. The van der Waals surface area contributed by atoms with Gasteiger partial charge in [0.05, 0.1) is 10.4 Å². The van der Waals surface area contributed by atoms with E-state index in [0.29, 0.717) is 5.56 Å². The van der Waals surface area contributed by atoms with E-state index in [1.165, 1.54) is 11.6 Å². The molecule has 3 heteroatoms. The van der Waals surface area contributed by atoms with Gasteiger partial charge in [0.1, 0.15) is 5.82 Å². The zero-order valence-corrected chi connectivity index (χ0v) is 12.9. The van der Waals surface area contributed by atoms with Gasteiger partial charge in [-0.3, -0.25) is 0 Å². The largest absolute Gasteiger partial charge is 0.205 e. The van der Waals surface area contributed by atoms with Gasteiger partial charge in [0, 0.05) is 5.56 Å². The normalized spacial score (nSPS) is 12.6. The standard InChI is InChI=1S/C18H13Cl2F/c1-11-9-10-14(13-6-3-2-5-12(11)13)17(20)15-7-4-8-16(19)18(15)21/h2-10,17H,1H3. The van der Waals surface area contributed by atoms with Crippen molar-refractivity contribution in [1.82, 2.24) is 0 Å². The Morgan fingerprint density at radius 3 is 2.33 bits per heavy atom. The van der Waals surface area contributed by atoms with E-state index in [-0.39, 0.29) is 5.02 Å². The molecular formula is C18H13Cl2F. The van der Waals surface area contributed by atoms with Crippen LogP contribution < -0.4 is 0 Å². The van der Waals surface area contributed by atoms with Crippen LogP contribution in [0, 0.1) is 12.7 Å². The van der Waals surface area contributed by atoms with Gasteiger partial charge in [-0.15, -0.1) is 11.6 Å². The molecule has 0 aliphatic carbocycles. The summed E-state index contributed by atoms with van der Waals surface area (Å²) >= 11 is 12.4. The maximum absolute atomic E-state index is 14.2. The van der Waals surface area contributed by atoms with Crippen LogP contribution >= 0.6 is 23.2 Å². The third kappa shape index (κ3) is 2.52. The minimum absolute atomic E-state index is 0.0922. The fourth-order valence-corrected chi connectivity index (χ4v) is 3.12. The summed E-state index contributed by atoms with van der Waals surface area (Å²) in [7, 11) is 0. The van der Waals surface area contributed by atoms with Gasteiger partial charge in [-0.1, -0.05) is 60.1 Å². The van der Waals surface area contributed by atoms with Crippen LogP contribution in [0.4, 0.5) is 4.39 Å². The quantitative estimate of drug-likeness (QED) is 0.488.